The second kappa shape index (κ2) is 7.66. The monoisotopic (exact) mass is 358 g/mol. The summed E-state index contributed by atoms with van der Waals surface area (Å²) in [6, 6.07) is 8.13. The first-order chi connectivity index (χ1) is 11.8. The molecule has 25 heavy (non-hydrogen) atoms. The Balaban J connectivity index is 2.13. The van der Waals surface area contributed by atoms with Crippen molar-refractivity contribution < 1.29 is 4.79 Å². The number of benzene rings is 1. The van der Waals surface area contributed by atoms with Crippen molar-refractivity contribution in [2.75, 3.05) is 5.75 Å². The minimum absolute atomic E-state index is 0.00591. The van der Waals surface area contributed by atoms with Crippen molar-refractivity contribution in [1.82, 2.24) is 25.5 Å². The number of carbonyl (C=O) groups is 1. The van der Waals surface area contributed by atoms with Crippen LogP contribution in [0.3, 0.4) is 0 Å². The van der Waals surface area contributed by atoms with Crippen LogP contribution in [-0.2, 0) is 4.79 Å². The van der Waals surface area contributed by atoms with Crippen LogP contribution in [0.4, 0.5) is 0 Å². The van der Waals surface area contributed by atoms with E-state index < -0.39 is 5.54 Å². The molecule has 2 aromatic rings. The molecule has 0 bridgehead atoms. The van der Waals surface area contributed by atoms with E-state index in [0.717, 1.165) is 16.8 Å². The molecule has 0 saturated heterocycles. The number of aryl methyl sites for hydroxylation is 2. The molecule has 1 atom stereocenters. The molecule has 0 aliphatic carbocycles. The third-order valence-electron chi connectivity index (χ3n) is 4.21. The van der Waals surface area contributed by atoms with Gasteiger partial charge in [-0.2, -0.15) is 9.94 Å². The Hall–Kier alpha value is -2.40. The van der Waals surface area contributed by atoms with Gasteiger partial charge in [-0.25, -0.2) is 0 Å². The molecule has 1 N–H and O–H groups in total. The minimum atomic E-state index is -0.893. The number of amides is 1. The molecule has 1 heterocycles. The first-order valence-electron chi connectivity index (χ1n) is 7.98. The predicted molar refractivity (Wildman–Crippen MR) is 96.4 cm³/mol. The summed E-state index contributed by atoms with van der Waals surface area (Å²) in [7, 11) is 0. The van der Waals surface area contributed by atoms with E-state index in [1.807, 2.05) is 45.9 Å². The molecule has 0 spiro atoms. The molecule has 8 heteroatoms. The van der Waals surface area contributed by atoms with Crippen LogP contribution in [0.1, 0.15) is 31.9 Å². The maximum atomic E-state index is 12.2. The van der Waals surface area contributed by atoms with Crippen LogP contribution in [0.5, 0.6) is 0 Å². The summed E-state index contributed by atoms with van der Waals surface area (Å²) in [5, 5.41) is 24.4. The highest BCUT2D eigenvalue weighted by Gasteiger charge is 2.30. The zero-order valence-corrected chi connectivity index (χ0v) is 15.9. The molecule has 132 valence electrons. The number of para-hydroxylation sites is 1. The van der Waals surface area contributed by atoms with Gasteiger partial charge in [0.2, 0.25) is 11.1 Å². The molecule has 0 fully saturated rings. The van der Waals surface area contributed by atoms with Crippen molar-refractivity contribution in [3.05, 3.63) is 29.3 Å². The average molecular weight is 358 g/mol. The number of hydrogen-bond donors (Lipinski definition) is 1. The van der Waals surface area contributed by atoms with Gasteiger partial charge in [0.25, 0.3) is 0 Å². The van der Waals surface area contributed by atoms with E-state index in [0.29, 0.717) is 5.16 Å². The topological polar surface area (TPSA) is 96.5 Å². The van der Waals surface area contributed by atoms with Crippen LogP contribution < -0.4 is 5.32 Å². The Kier molecular flexibility index (Phi) is 5.80. The van der Waals surface area contributed by atoms with E-state index in [9.17, 15) is 10.1 Å². The van der Waals surface area contributed by atoms with E-state index >= 15 is 0 Å². The molecule has 1 unspecified atom stereocenters. The Bertz CT molecular complexity index is 789. The molecule has 0 aliphatic heterocycles. The largest absolute Gasteiger partial charge is 0.337 e. The van der Waals surface area contributed by atoms with Gasteiger partial charge in [0.15, 0.2) is 0 Å². The lowest BCUT2D eigenvalue weighted by Crippen LogP contribution is -2.49. The van der Waals surface area contributed by atoms with E-state index in [2.05, 4.69) is 26.9 Å². The van der Waals surface area contributed by atoms with Gasteiger partial charge in [-0.1, -0.05) is 43.8 Å². The standard InChI is InChI=1S/C17H22N6OS/c1-11(2)17(5,10-18)19-14(24)9-25-16-20-21-22-23(16)15-12(3)7-6-8-13(15)4/h6-8,11H,9H2,1-5H3,(H,19,24). The van der Waals surface area contributed by atoms with Crippen molar-refractivity contribution in [2.45, 2.75) is 45.3 Å². The van der Waals surface area contributed by atoms with Gasteiger partial charge in [-0.3, -0.25) is 4.79 Å². The van der Waals surface area contributed by atoms with Gasteiger partial charge in [0.1, 0.15) is 5.54 Å². The summed E-state index contributed by atoms with van der Waals surface area (Å²) in [6.07, 6.45) is 0. The Labute approximate surface area is 151 Å². The highest BCUT2D eigenvalue weighted by molar-refractivity contribution is 7.99. The second-order valence-corrected chi connectivity index (χ2v) is 7.36. The quantitative estimate of drug-likeness (QED) is 0.797. The first kappa shape index (κ1) is 18.9. The maximum absolute atomic E-state index is 12.2. The van der Waals surface area contributed by atoms with Crippen LogP contribution in [0.25, 0.3) is 5.69 Å². The molecular weight excluding hydrogens is 336 g/mol. The van der Waals surface area contributed by atoms with Crippen molar-refractivity contribution in [1.29, 1.82) is 5.26 Å². The number of nitrogens with zero attached hydrogens (tertiary/aromatic N) is 5. The van der Waals surface area contributed by atoms with Crippen molar-refractivity contribution >= 4 is 17.7 Å². The molecule has 1 aromatic carbocycles. The van der Waals surface area contributed by atoms with Gasteiger partial charge < -0.3 is 5.32 Å². The van der Waals surface area contributed by atoms with Crippen molar-refractivity contribution in [3.63, 3.8) is 0 Å². The third-order valence-corrected chi connectivity index (χ3v) is 5.13. The van der Waals surface area contributed by atoms with Gasteiger partial charge in [-0.15, -0.1) is 5.10 Å². The van der Waals surface area contributed by atoms with Gasteiger partial charge in [0.05, 0.1) is 17.5 Å². The van der Waals surface area contributed by atoms with Gasteiger partial charge in [-0.05, 0) is 48.2 Å². The van der Waals surface area contributed by atoms with Crippen LogP contribution in [0.15, 0.2) is 23.4 Å². The number of nitrogens with one attached hydrogen (secondary N) is 1. The van der Waals surface area contributed by atoms with E-state index in [1.54, 1.807) is 11.6 Å². The Morgan fingerprint density at radius 2 is 2.04 bits per heavy atom. The molecule has 0 saturated carbocycles. The second-order valence-electron chi connectivity index (χ2n) is 6.42. The number of aromatic nitrogens is 4. The average Bonchev–Trinajstić information content (AvgIpc) is 3.00. The highest BCUT2D eigenvalue weighted by Crippen LogP contribution is 2.23. The number of rotatable bonds is 6. The fourth-order valence-electron chi connectivity index (χ4n) is 2.31. The SMILES string of the molecule is Cc1cccc(C)c1-n1nnnc1SCC(=O)NC(C)(C#N)C(C)C. The number of hydrogen-bond acceptors (Lipinski definition) is 6. The molecular formula is C17H22N6OS. The van der Waals surface area contributed by atoms with E-state index in [-0.39, 0.29) is 17.6 Å². The number of tetrazole rings is 1. The normalized spacial score (nSPS) is 13.3. The highest BCUT2D eigenvalue weighted by atomic mass is 32.2. The summed E-state index contributed by atoms with van der Waals surface area (Å²) in [5.41, 5.74) is 2.13. The van der Waals surface area contributed by atoms with Crippen molar-refractivity contribution in [3.8, 4) is 11.8 Å². The maximum Gasteiger partial charge on any atom is 0.231 e. The van der Waals surface area contributed by atoms with Gasteiger partial charge >= 0.3 is 0 Å². The third kappa shape index (κ3) is 4.17. The van der Waals surface area contributed by atoms with Gasteiger partial charge in [0, 0.05) is 0 Å². The van der Waals surface area contributed by atoms with Crippen LogP contribution in [-0.4, -0.2) is 37.4 Å². The smallest absolute Gasteiger partial charge is 0.231 e. The van der Waals surface area contributed by atoms with Crippen molar-refractivity contribution in [2.24, 2.45) is 5.92 Å². The van der Waals surface area contributed by atoms with Crippen LogP contribution in [0, 0.1) is 31.1 Å². The van der Waals surface area contributed by atoms with Crippen LogP contribution in [0.2, 0.25) is 0 Å². The molecule has 1 amide bonds. The van der Waals surface area contributed by atoms with E-state index in [1.165, 1.54) is 11.8 Å². The van der Waals surface area contributed by atoms with E-state index in [4.69, 9.17) is 0 Å². The summed E-state index contributed by atoms with van der Waals surface area (Å²) in [5.74, 6) is -0.0832. The summed E-state index contributed by atoms with van der Waals surface area (Å²) >= 11 is 1.24. The zero-order valence-electron chi connectivity index (χ0n) is 15.1. The number of carbonyl (C=O) groups excluding carboxylic acids is 1. The lowest BCUT2D eigenvalue weighted by molar-refractivity contribution is -0.120. The number of nitriles is 1. The van der Waals surface area contributed by atoms with Crippen LogP contribution >= 0.6 is 11.8 Å². The molecule has 0 aliphatic rings. The Morgan fingerprint density at radius 1 is 1.40 bits per heavy atom. The summed E-state index contributed by atoms with van der Waals surface area (Å²) < 4.78 is 1.65. The number of thioether (sulfide) groups is 1. The summed E-state index contributed by atoms with van der Waals surface area (Å²) in [6.45, 7) is 9.51. The molecule has 0 radical (unpaired) electrons. The predicted octanol–water partition coefficient (Wildman–Crippen LogP) is 2.43. The lowest BCUT2D eigenvalue weighted by atomic mass is 9.90. The molecule has 1 aromatic heterocycles. The fourth-order valence-corrected chi connectivity index (χ4v) is 2.98. The molecule has 2 rings (SSSR count). The summed E-state index contributed by atoms with van der Waals surface area (Å²) in [4.78, 5) is 12.2. The zero-order chi connectivity index (χ0) is 18.6. The Morgan fingerprint density at radius 3 is 2.60 bits per heavy atom. The lowest BCUT2D eigenvalue weighted by Gasteiger charge is -2.27. The fraction of sp³-hybridized carbons (Fsp3) is 0.471. The first-order valence-corrected chi connectivity index (χ1v) is 8.97. The molecule has 7 nitrogen and oxygen atoms in total. The minimum Gasteiger partial charge on any atom is -0.337 e.